The van der Waals surface area contributed by atoms with Crippen LogP contribution < -0.4 is 10.1 Å². The van der Waals surface area contributed by atoms with Gasteiger partial charge in [0, 0.05) is 0 Å². The number of benzene rings is 1. The van der Waals surface area contributed by atoms with Gasteiger partial charge < -0.3 is 10.1 Å². The molecule has 0 saturated carbocycles. The Balaban J connectivity index is 2.21. The van der Waals surface area contributed by atoms with Gasteiger partial charge in [0.1, 0.15) is 5.75 Å². The lowest BCUT2D eigenvalue weighted by atomic mass is 10.1. The molecule has 0 fully saturated rings. The lowest BCUT2D eigenvalue weighted by Crippen LogP contribution is -2.84. The highest BCUT2D eigenvalue weighted by molar-refractivity contribution is 5.44. The van der Waals surface area contributed by atoms with Gasteiger partial charge >= 0.3 is 0 Å². The van der Waals surface area contributed by atoms with Crippen molar-refractivity contribution < 1.29 is 10.1 Å². The third-order valence-electron chi connectivity index (χ3n) is 3.68. The second-order valence-corrected chi connectivity index (χ2v) is 5.43. The first kappa shape index (κ1) is 16.0. The number of nitrogens with two attached hydrogens (primary N) is 1. The number of rotatable bonds is 9. The lowest BCUT2D eigenvalue weighted by molar-refractivity contribution is -0.655. The van der Waals surface area contributed by atoms with Gasteiger partial charge in [-0.25, -0.2) is 0 Å². The summed E-state index contributed by atoms with van der Waals surface area (Å²) in [5, 5.41) is 2.42. The first-order valence-corrected chi connectivity index (χ1v) is 7.68. The average Bonchev–Trinajstić information content (AvgIpc) is 2.40. The molecule has 0 bridgehead atoms. The van der Waals surface area contributed by atoms with Crippen LogP contribution in [-0.2, 0) is 0 Å². The van der Waals surface area contributed by atoms with Gasteiger partial charge in [0.25, 0.3) is 0 Å². The fraction of sp³-hybridized carbons (Fsp3) is 0.647. The zero-order valence-corrected chi connectivity index (χ0v) is 13.1. The van der Waals surface area contributed by atoms with Gasteiger partial charge in [0.05, 0.1) is 19.7 Å². The number of unbranched alkanes of at least 4 members (excludes halogenated alkanes) is 2. The Bertz CT molecular complexity index is 374. The average molecular weight is 264 g/mol. The number of quaternary nitrogens is 1. The smallest absolute Gasteiger partial charge is 0.125 e. The molecular formula is C17H30NO+. The summed E-state index contributed by atoms with van der Waals surface area (Å²) in [4.78, 5) is 0. The highest BCUT2D eigenvalue weighted by Gasteiger charge is 2.05. The molecule has 1 rings (SSSR count). The summed E-state index contributed by atoms with van der Waals surface area (Å²) in [6, 6.07) is 4.32. The number of aryl methyl sites for hydroxylation is 2. The van der Waals surface area contributed by atoms with Crippen LogP contribution in [0.5, 0.6) is 5.75 Å². The number of hydrogen-bond donors (Lipinski definition) is 1. The predicted octanol–water partition coefficient (Wildman–Crippen LogP) is 3.13. The Labute approximate surface area is 118 Å². The highest BCUT2D eigenvalue weighted by Crippen LogP contribution is 2.25. The second-order valence-electron chi connectivity index (χ2n) is 5.43. The van der Waals surface area contributed by atoms with Crippen molar-refractivity contribution in [1.82, 2.24) is 0 Å². The minimum Gasteiger partial charge on any atom is -0.493 e. The van der Waals surface area contributed by atoms with Crippen LogP contribution in [0.15, 0.2) is 12.1 Å². The quantitative estimate of drug-likeness (QED) is 0.681. The van der Waals surface area contributed by atoms with E-state index in [9.17, 15) is 0 Å². The molecule has 0 unspecified atom stereocenters. The summed E-state index contributed by atoms with van der Waals surface area (Å²) < 4.78 is 5.96. The Hall–Kier alpha value is -1.02. The Morgan fingerprint density at radius 2 is 1.63 bits per heavy atom. The van der Waals surface area contributed by atoms with E-state index in [0.29, 0.717) is 0 Å². The Kier molecular flexibility index (Phi) is 7.57. The normalized spacial score (nSPS) is 10.7. The zero-order chi connectivity index (χ0) is 14.1. The molecule has 108 valence electrons. The molecule has 0 aromatic heterocycles. The predicted molar refractivity (Wildman–Crippen MR) is 81.9 cm³/mol. The van der Waals surface area contributed by atoms with E-state index in [-0.39, 0.29) is 0 Å². The van der Waals surface area contributed by atoms with E-state index in [2.05, 4.69) is 45.1 Å². The molecule has 1 aromatic carbocycles. The summed E-state index contributed by atoms with van der Waals surface area (Å²) in [5.41, 5.74) is 3.85. The molecule has 0 aliphatic carbocycles. The molecule has 1 aromatic rings. The van der Waals surface area contributed by atoms with Crippen LogP contribution in [0.3, 0.4) is 0 Å². The summed E-state index contributed by atoms with van der Waals surface area (Å²) in [6.07, 6.45) is 5.02. The third kappa shape index (κ3) is 5.65. The van der Waals surface area contributed by atoms with Crippen molar-refractivity contribution in [3.8, 4) is 5.75 Å². The van der Waals surface area contributed by atoms with E-state index in [1.54, 1.807) is 0 Å². The molecule has 0 aliphatic heterocycles. The first-order valence-electron chi connectivity index (χ1n) is 7.68. The fourth-order valence-corrected chi connectivity index (χ4v) is 2.21. The molecule has 2 N–H and O–H groups in total. The summed E-state index contributed by atoms with van der Waals surface area (Å²) in [5.74, 6) is 1.09. The molecule has 0 atom stereocenters. The minimum atomic E-state index is 0.840. The standard InChI is InChI=1S/C17H29NO/c1-5-6-11-18-12-7-8-13-19-17-15(3)10-9-14(2)16(17)4/h9-10,18H,5-8,11-13H2,1-4H3/p+1. The molecule has 0 amide bonds. The minimum absolute atomic E-state index is 0.840. The van der Waals surface area contributed by atoms with Gasteiger partial charge in [0.15, 0.2) is 0 Å². The van der Waals surface area contributed by atoms with E-state index >= 15 is 0 Å². The Morgan fingerprint density at radius 1 is 0.947 bits per heavy atom. The van der Waals surface area contributed by atoms with Crippen molar-refractivity contribution in [1.29, 1.82) is 0 Å². The van der Waals surface area contributed by atoms with E-state index < -0.39 is 0 Å². The van der Waals surface area contributed by atoms with Gasteiger partial charge in [-0.3, -0.25) is 0 Å². The molecule has 0 radical (unpaired) electrons. The maximum Gasteiger partial charge on any atom is 0.125 e. The second kappa shape index (κ2) is 8.98. The molecule has 0 heterocycles. The van der Waals surface area contributed by atoms with Crippen LogP contribution in [0.2, 0.25) is 0 Å². The van der Waals surface area contributed by atoms with E-state index in [0.717, 1.165) is 18.8 Å². The van der Waals surface area contributed by atoms with E-state index in [1.165, 1.54) is 49.0 Å². The van der Waals surface area contributed by atoms with Crippen molar-refractivity contribution in [2.45, 2.75) is 53.4 Å². The van der Waals surface area contributed by atoms with Crippen LogP contribution in [0.25, 0.3) is 0 Å². The lowest BCUT2D eigenvalue weighted by Gasteiger charge is -2.13. The number of ether oxygens (including phenoxy) is 1. The van der Waals surface area contributed by atoms with E-state index in [4.69, 9.17) is 4.74 Å². The zero-order valence-electron chi connectivity index (χ0n) is 13.1. The van der Waals surface area contributed by atoms with Crippen molar-refractivity contribution in [2.24, 2.45) is 0 Å². The summed E-state index contributed by atoms with van der Waals surface area (Å²) >= 11 is 0. The Morgan fingerprint density at radius 3 is 2.37 bits per heavy atom. The molecule has 2 heteroatoms. The van der Waals surface area contributed by atoms with Crippen molar-refractivity contribution >= 4 is 0 Å². The molecule has 0 aliphatic rings. The van der Waals surface area contributed by atoms with Crippen LogP contribution >= 0.6 is 0 Å². The van der Waals surface area contributed by atoms with Gasteiger partial charge in [-0.2, -0.15) is 0 Å². The maximum absolute atomic E-state index is 5.96. The van der Waals surface area contributed by atoms with Gasteiger partial charge in [-0.1, -0.05) is 25.5 Å². The fourth-order valence-electron chi connectivity index (χ4n) is 2.21. The van der Waals surface area contributed by atoms with Crippen molar-refractivity contribution in [2.75, 3.05) is 19.7 Å². The topological polar surface area (TPSA) is 25.8 Å². The molecular weight excluding hydrogens is 234 g/mol. The molecule has 19 heavy (non-hydrogen) atoms. The van der Waals surface area contributed by atoms with Gasteiger partial charge in [-0.15, -0.1) is 0 Å². The van der Waals surface area contributed by atoms with Crippen LogP contribution in [0.1, 0.15) is 49.3 Å². The van der Waals surface area contributed by atoms with Crippen LogP contribution in [0.4, 0.5) is 0 Å². The molecule has 2 nitrogen and oxygen atoms in total. The highest BCUT2D eigenvalue weighted by atomic mass is 16.5. The third-order valence-corrected chi connectivity index (χ3v) is 3.68. The van der Waals surface area contributed by atoms with Crippen LogP contribution in [0, 0.1) is 20.8 Å². The summed E-state index contributed by atoms with van der Waals surface area (Å²) in [6.45, 7) is 12.0. The van der Waals surface area contributed by atoms with Gasteiger partial charge in [0.2, 0.25) is 0 Å². The van der Waals surface area contributed by atoms with Crippen LogP contribution in [-0.4, -0.2) is 19.7 Å². The van der Waals surface area contributed by atoms with Gasteiger partial charge in [-0.05, 0) is 56.7 Å². The van der Waals surface area contributed by atoms with E-state index in [1.807, 2.05) is 0 Å². The SMILES string of the molecule is CCCC[NH2+]CCCCOc1c(C)ccc(C)c1C. The van der Waals surface area contributed by atoms with Crippen molar-refractivity contribution in [3.05, 3.63) is 28.8 Å². The molecule has 0 saturated heterocycles. The monoisotopic (exact) mass is 264 g/mol. The largest absolute Gasteiger partial charge is 0.493 e. The summed E-state index contributed by atoms with van der Waals surface area (Å²) in [7, 11) is 0. The maximum atomic E-state index is 5.96. The van der Waals surface area contributed by atoms with Crippen molar-refractivity contribution in [3.63, 3.8) is 0 Å². The number of hydrogen-bond acceptors (Lipinski definition) is 1. The first-order chi connectivity index (χ1) is 9.16. The molecule has 0 spiro atoms.